The number of rotatable bonds is 4. The molecule has 3 aromatic rings. The van der Waals surface area contributed by atoms with Crippen molar-refractivity contribution in [3.05, 3.63) is 51.7 Å². The van der Waals surface area contributed by atoms with E-state index < -0.39 is 0 Å². The molecule has 4 rings (SSSR count). The molecule has 3 heterocycles. The van der Waals surface area contributed by atoms with Crippen molar-refractivity contribution in [1.29, 1.82) is 0 Å². The molecule has 148 valence electrons. The fourth-order valence-corrected chi connectivity index (χ4v) is 4.15. The zero-order valence-corrected chi connectivity index (χ0v) is 17.5. The molecule has 0 radical (unpaired) electrons. The molecule has 0 amide bonds. The minimum absolute atomic E-state index is 0.0106. The number of fused-ring (bicyclic) bond motifs is 2. The lowest BCUT2D eigenvalue weighted by Crippen LogP contribution is -2.48. The van der Waals surface area contributed by atoms with Crippen LogP contribution in [0.5, 0.6) is 0 Å². The van der Waals surface area contributed by atoms with Gasteiger partial charge in [-0.15, -0.1) is 0 Å². The molecular weight excluding hydrogens is 374 g/mol. The van der Waals surface area contributed by atoms with Gasteiger partial charge in [-0.3, -0.25) is 9.36 Å². The summed E-state index contributed by atoms with van der Waals surface area (Å²) in [5, 5.41) is 5.71. The number of aromatic nitrogens is 4. The first kappa shape index (κ1) is 19.0. The van der Waals surface area contributed by atoms with Crippen molar-refractivity contribution in [1.82, 2.24) is 19.3 Å². The molecule has 7 heteroatoms. The van der Waals surface area contributed by atoms with E-state index in [0.29, 0.717) is 30.0 Å². The van der Waals surface area contributed by atoms with Crippen molar-refractivity contribution in [2.24, 2.45) is 5.92 Å². The third-order valence-corrected chi connectivity index (χ3v) is 5.58. The Bertz CT molecular complexity index is 1050. The molecule has 0 aliphatic carbocycles. The summed E-state index contributed by atoms with van der Waals surface area (Å²) >= 11 is 6.09. The maximum atomic E-state index is 13.2. The molecule has 1 unspecified atom stereocenters. The van der Waals surface area contributed by atoms with Gasteiger partial charge in [-0.1, -0.05) is 25.4 Å². The Hall–Kier alpha value is -2.34. The van der Waals surface area contributed by atoms with E-state index in [9.17, 15) is 4.79 Å². The molecule has 0 bridgehead atoms. The van der Waals surface area contributed by atoms with Crippen LogP contribution in [0.1, 0.15) is 46.0 Å². The zero-order chi connectivity index (χ0) is 20.0. The van der Waals surface area contributed by atoms with Crippen LogP contribution in [0.3, 0.4) is 0 Å². The van der Waals surface area contributed by atoms with Crippen LogP contribution in [-0.2, 0) is 13.1 Å². The van der Waals surface area contributed by atoms with Gasteiger partial charge in [-0.2, -0.15) is 5.10 Å². The second-order valence-corrected chi connectivity index (χ2v) is 8.69. The van der Waals surface area contributed by atoms with Gasteiger partial charge >= 0.3 is 0 Å². The molecular formula is C21H26ClN5O. The van der Waals surface area contributed by atoms with Gasteiger partial charge in [0, 0.05) is 29.3 Å². The molecule has 0 fully saturated rings. The predicted octanol–water partition coefficient (Wildman–Crippen LogP) is 4.26. The minimum Gasteiger partial charge on any atom is -0.359 e. The van der Waals surface area contributed by atoms with Crippen LogP contribution in [0.4, 0.5) is 5.69 Å². The summed E-state index contributed by atoms with van der Waals surface area (Å²) in [6.07, 6.45) is 2.65. The van der Waals surface area contributed by atoms with E-state index in [0.717, 1.165) is 23.0 Å². The summed E-state index contributed by atoms with van der Waals surface area (Å²) in [6.45, 7) is 9.74. The second kappa shape index (κ2) is 7.24. The normalized spacial score (nSPS) is 17.0. The standard InChI is InChI=1S/C21H26ClN5O/c1-13(2)9-17-11-26-19(12-25(17)16-7-5-15(22)6-8-16)24-20-18(21(26)28)10-23-27(20)14(3)4/h5-8,10,13-14,17H,9,11-12H2,1-4H3. The first-order valence-corrected chi connectivity index (χ1v) is 10.2. The maximum absolute atomic E-state index is 13.2. The fourth-order valence-electron chi connectivity index (χ4n) is 4.02. The van der Waals surface area contributed by atoms with Gasteiger partial charge in [-0.25, -0.2) is 9.67 Å². The number of benzene rings is 1. The van der Waals surface area contributed by atoms with Crippen LogP contribution in [0.25, 0.3) is 11.0 Å². The number of halogens is 1. The third kappa shape index (κ3) is 3.30. The lowest BCUT2D eigenvalue weighted by atomic mass is 9.99. The molecule has 1 atom stereocenters. The fraction of sp³-hybridized carbons (Fsp3) is 0.476. The molecule has 0 spiro atoms. The maximum Gasteiger partial charge on any atom is 0.264 e. The Balaban J connectivity index is 1.83. The van der Waals surface area contributed by atoms with E-state index in [2.05, 4.69) is 23.8 Å². The van der Waals surface area contributed by atoms with E-state index in [1.54, 1.807) is 6.20 Å². The first-order chi connectivity index (χ1) is 13.3. The average molecular weight is 400 g/mol. The van der Waals surface area contributed by atoms with Crippen LogP contribution in [-0.4, -0.2) is 25.4 Å². The Morgan fingerprint density at radius 3 is 2.54 bits per heavy atom. The van der Waals surface area contributed by atoms with Gasteiger partial charge < -0.3 is 4.90 Å². The largest absolute Gasteiger partial charge is 0.359 e. The summed E-state index contributed by atoms with van der Waals surface area (Å²) in [7, 11) is 0. The van der Waals surface area contributed by atoms with Crippen molar-refractivity contribution in [2.75, 3.05) is 4.90 Å². The van der Waals surface area contributed by atoms with Crippen molar-refractivity contribution in [3.63, 3.8) is 0 Å². The van der Waals surface area contributed by atoms with E-state index in [1.165, 1.54) is 0 Å². The SMILES string of the molecule is CC(C)CC1Cn2c(nc3c(cnn3C(C)C)c2=O)CN1c1ccc(Cl)cc1. The third-order valence-electron chi connectivity index (χ3n) is 5.33. The highest BCUT2D eigenvalue weighted by molar-refractivity contribution is 6.30. The first-order valence-electron chi connectivity index (χ1n) is 9.84. The van der Waals surface area contributed by atoms with Gasteiger partial charge in [0.15, 0.2) is 5.65 Å². The Labute approximate surface area is 169 Å². The summed E-state index contributed by atoms with van der Waals surface area (Å²) < 4.78 is 3.67. The highest BCUT2D eigenvalue weighted by Gasteiger charge is 2.30. The monoisotopic (exact) mass is 399 g/mol. The minimum atomic E-state index is 0.0106. The molecule has 1 aliphatic rings. The van der Waals surface area contributed by atoms with Crippen molar-refractivity contribution in [2.45, 2.75) is 59.3 Å². The number of nitrogens with zero attached hydrogens (tertiary/aromatic N) is 5. The molecule has 0 saturated heterocycles. The van der Waals surface area contributed by atoms with Crippen LogP contribution in [0, 0.1) is 5.92 Å². The number of anilines is 1. The average Bonchev–Trinajstić information content (AvgIpc) is 3.07. The quantitative estimate of drug-likeness (QED) is 0.657. The van der Waals surface area contributed by atoms with Crippen LogP contribution in [0.2, 0.25) is 5.02 Å². The molecule has 1 aromatic carbocycles. The predicted molar refractivity (Wildman–Crippen MR) is 113 cm³/mol. The van der Waals surface area contributed by atoms with Crippen molar-refractivity contribution in [3.8, 4) is 0 Å². The Kier molecular flexibility index (Phi) is 4.91. The summed E-state index contributed by atoms with van der Waals surface area (Å²) in [5.74, 6) is 1.31. The van der Waals surface area contributed by atoms with E-state index >= 15 is 0 Å². The molecule has 0 N–H and O–H groups in total. The van der Waals surface area contributed by atoms with E-state index in [4.69, 9.17) is 16.6 Å². The molecule has 2 aromatic heterocycles. The number of hydrogen-bond donors (Lipinski definition) is 0. The van der Waals surface area contributed by atoms with Gasteiger partial charge in [0.05, 0.1) is 12.7 Å². The molecule has 28 heavy (non-hydrogen) atoms. The van der Waals surface area contributed by atoms with Crippen molar-refractivity contribution < 1.29 is 0 Å². The Morgan fingerprint density at radius 1 is 1.18 bits per heavy atom. The van der Waals surface area contributed by atoms with Crippen molar-refractivity contribution >= 4 is 28.3 Å². The lowest BCUT2D eigenvalue weighted by molar-refractivity contribution is 0.371. The number of hydrogen-bond acceptors (Lipinski definition) is 4. The topological polar surface area (TPSA) is 56.0 Å². The molecule has 0 saturated carbocycles. The summed E-state index contributed by atoms with van der Waals surface area (Å²) in [6, 6.07) is 8.29. The molecule has 6 nitrogen and oxygen atoms in total. The lowest BCUT2D eigenvalue weighted by Gasteiger charge is -2.39. The van der Waals surface area contributed by atoms with Gasteiger partial charge in [-0.05, 0) is 50.5 Å². The smallest absolute Gasteiger partial charge is 0.264 e. The van der Waals surface area contributed by atoms with Gasteiger partial charge in [0.25, 0.3) is 5.56 Å². The van der Waals surface area contributed by atoms with Gasteiger partial charge in [0.2, 0.25) is 0 Å². The second-order valence-electron chi connectivity index (χ2n) is 8.25. The summed E-state index contributed by atoms with van der Waals surface area (Å²) in [5.41, 5.74) is 1.79. The summed E-state index contributed by atoms with van der Waals surface area (Å²) in [4.78, 5) is 20.4. The van der Waals surface area contributed by atoms with E-state index in [-0.39, 0.29) is 17.6 Å². The van der Waals surface area contributed by atoms with Gasteiger partial charge in [0.1, 0.15) is 11.2 Å². The highest BCUT2D eigenvalue weighted by Crippen LogP contribution is 2.29. The van der Waals surface area contributed by atoms with Crippen LogP contribution >= 0.6 is 11.6 Å². The zero-order valence-electron chi connectivity index (χ0n) is 16.8. The highest BCUT2D eigenvalue weighted by atomic mass is 35.5. The molecule has 1 aliphatic heterocycles. The van der Waals surface area contributed by atoms with E-state index in [1.807, 2.05) is 47.4 Å². The Morgan fingerprint density at radius 2 is 1.89 bits per heavy atom. The van der Waals surface area contributed by atoms with Crippen LogP contribution in [0.15, 0.2) is 35.3 Å². The van der Waals surface area contributed by atoms with Crippen LogP contribution < -0.4 is 10.5 Å².